The van der Waals surface area contributed by atoms with E-state index in [2.05, 4.69) is 10.3 Å². The topological polar surface area (TPSA) is 79.4 Å². The van der Waals surface area contributed by atoms with Gasteiger partial charge < -0.3 is 5.32 Å². The molecule has 1 aliphatic heterocycles. The van der Waals surface area contributed by atoms with Crippen LogP contribution in [0.5, 0.6) is 0 Å². The number of thiazole rings is 1. The Morgan fingerprint density at radius 3 is 2.93 bits per heavy atom. The number of carbonyl (C=O) groups is 1. The van der Waals surface area contributed by atoms with E-state index in [1.807, 2.05) is 13.0 Å². The smallest absolute Gasteiger partial charge is 0.244 e. The number of sulfonamides is 1. The maximum Gasteiger partial charge on any atom is 0.244 e. The lowest BCUT2D eigenvalue weighted by Crippen LogP contribution is -2.44. The van der Waals surface area contributed by atoms with Crippen LogP contribution < -0.4 is 5.32 Å². The molecule has 0 spiro atoms. The van der Waals surface area contributed by atoms with Gasteiger partial charge >= 0.3 is 0 Å². The van der Waals surface area contributed by atoms with Crippen LogP contribution in [-0.2, 0) is 21.2 Å². The van der Waals surface area contributed by atoms with E-state index in [0.29, 0.717) is 30.9 Å². The van der Waals surface area contributed by atoms with Gasteiger partial charge in [-0.05, 0) is 30.5 Å². The van der Waals surface area contributed by atoms with Gasteiger partial charge in [0.15, 0.2) is 5.13 Å². The number of nitrogens with one attached hydrogen (secondary N) is 1. The van der Waals surface area contributed by atoms with Crippen molar-refractivity contribution >= 4 is 32.4 Å². The molecule has 9 heteroatoms. The van der Waals surface area contributed by atoms with Gasteiger partial charge in [0, 0.05) is 24.0 Å². The summed E-state index contributed by atoms with van der Waals surface area (Å²) >= 11 is 1.31. The quantitative estimate of drug-likeness (QED) is 0.703. The van der Waals surface area contributed by atoms with E-state index in [1.54, 1.807) is 12.3 Å². The molecule has 0 saturated carbocycles. The highest BCUT2D eigenvalue weighted by Gasteiger charge is 2.38. The maximum atomic E-state index is 13.3. The van der Waals surface area contributed by atoms with Gasteiger partial charge in [-0.1, -0.05) is 31.9 Å². The zero-order valence-electron chi connectivity index (χ0n) is 15.7. The van der Waals surface area contributed by atoms with Crippen LogP contribution in [0.1, 0.15) is 43.0 Å². The average Bonchev–Trinajstić information content (AvgIpc) is 3.21. The molecule has 1 amide bonds. The third-order valence-electron chi connectivity index (χ3n) is 4.67. The second-order valence-corrected chi connectivity index (χ2v) is 10.0. The lowest BCUT2D eigenvalue weighted by Gasteiger charge is -2.25. The summed E-state index contributed by atoms with van der Waals surface area (Å²) in [6, 6.07) is 5.65. The van der Waals surface area contributed by atoms with E-state index in [1.165, 1.54) is 27.8 Å². The van der Waals surface area contributed by atoms with E-state index in [4.69, 9.17) is 0 Å². The standard InChI is InChI=1S/C19H24FN3O3S2/c1-2-3-8-17(23-9-5-10-28(23,25)26)18(24)22-19-21-13-16(27-19)12-14-6-4-7-15(20)11-14/h4,6-7,11,13,17H,2-3,5,8-10,12H2,1H3,(H,21,22,24). The summed E-state index contributed by atoms with van der Waals surface area (Å²) in [6.07, 6.45) is 4.86. The first kappa shape index (κ1) is 20.9. The molecule has 1 atom stereocenters. The third-order valence-corrected chi connectivity index (χ3v) is 7.54. The molecule has 1 aliphatic rings. The second-order valence-electron chi connectivity index (χ2n) is 6.87. The van der Waals surface area contributed by atoms with Gasteiger partial charge in [-0.15, -0.1) is 11.3 Å². The molecule has 1 saturated heterocycles. The summed E-state index contributed by atoms with van der Waals surface area (Å²) in [5.41, 5.74) is 0.825. The third kappa shape index (κ3) is 5.15. The zero-order valence-corrected chi connectivity index (χ0v) is 17.4. The summed E-state index contributed by atoms with van der Waals surface area (Å²) in [5, 5.41) is 3.20. The minimum Gasteiger partial charge on any atom is -0.301 e. The molecule has 6 nitrogen and oxygen atoms in total. The normalized spacial score (nSPS) is 17.5. The zero-order chi connectivity index (χ0) is 20.1. The monoisotopic (exact) mass is 425 g/mol. The van der Waals surface area contributed by atoms with E-state index in [0.717, 1.165) is 23.3 Å². The van der Waals surface area contributed by atoms with Crippen LogP contribution in [0.25, 0.3) is 0 Å². The van der Waals surface area contributed by atoms with Gasteiger partial charge in [-0.25, -0.2) is 17.8 Å². The van der Waals surface area contributed by atoms with Gasteiger partial charge in [-0.2, -0.15) is 4.31 Å². The van der Waals surface area contributed by atoms with Crippen LogP contribution in [0, 0.1) is 5.82 Å². The molecule has 1 unspecified atom stereocenters. The van der Waals surface area contributed by atoms with Crippen LogP contribution in [0.2, 0.25) is 0 Å². The number of halogens is 1. The summed E-state index contributed by atoms with van der Waals surface area (Å²) in [4.78, 5) is 17.9. The van der Waals surface area contributed by atoms with E-state index < -0.39 is 16.1 Å². The highest BCUT2D eigenvalue weighted by atomic mass is 32.2. The lowest BCUT2D eigenvalue weighted by atomic mass is 10.1. The van der Waals surface area contributed by atoms with Gasteiger partial charge in [0.1, 0.15) is 11.9 Å². The summed E-state index contributed by atoms with van der Waals surface area (Å²) in [5.74, 6) is -0.537. The molecule has 0 radical (unpaired) electrons. The number of benzene rings is 1. The fraction of sp³-hybridized carbons (Fsp3) is 0.474. The SMILES string of the molecule is CCCCC(C(=O)Nc1ncc(Cc2cccc(F)c2)s1)N1CCCS1(=O)=O. The first-order chi connectivity index (χ1) is 13.4. The van der Waals surface area contributed by atoms with Crippen LogP contribution >= 0.6 is 11.3 Å². The highest BCUT2D eigenvalue weighted by molar-refractivity contribution is 7.89. The first-order valence-corrected chi connectivity index (χ1v) is 11.8. The maximum absolute atomic E-state index is 13.3. The number of unbranched alkanes of at least 4 members (excludes halogenated alkanes) is 1. The number of hydrogen-bond donors (Lipinski definition) is 1. The van der Waals surface area contributed by atoms with Crippen molar-refractivity contribution in [1.29, 1.82) is 0 Å². The minimum absolute atomic E-state index is 0.0952. The number of anilines is 1. The van der Waals surface area contributed by atoms with Gasteiger partial charge in [0.05, 0.1) is 5.75 Å². The van der Waals surface area contributed by atoms with Crippen molar-refractivity contribution in [3.63, 3.8) is 0 Å². The summed E-state index contributed by atoms with van der Waals surface area (Å²) in [7, 11) is -3.37. The Morgan fingerprint density at radius 1 is 1.43 bits per heavy atom. The average molecular weight is 426 g/mol. The minimum atomic E-state index is -3.37. The fourth-order valence-corrected chi connectivity index (χ4v) is 5.87. The molecule has 1 N–H and O–H groups in total. The van der Waals surface area contributed by atoms with Gasteiger partial charge in [-0.3, -0.25) is 4.79 Å². The van der Waals surface area contributed by atoms with Crippen LogP contribution in [0.3, 0.4) is 0 Å². The molecular formula is C19H24FN3O3S2. The van der Waals surface area contributed by atoms with Gasteiger partial charge in [0.25, 0.3) is 0 Å². The molecule has 152 valence electrons. The lowest BCUT2D eigenvalue weighted by molar-refractivity contribution is -0.119. The second kappa shape index (κ2) is 9.11. The predicted molar refractivity (Wildman–Crippen MR) is 108 cm³/mol. The predicted octanol–water partition coefficient (Wildman–Crippen LogP) is 3.41. The van der Waals surface area contributed by atoms with Crippen molar-refractivity contribution in [2.24, 2.45) is 0 Å². The largest absolute Gasteiger partial charge is 0.301 e. The molecular weight excluding hydrogens is 401 g/mol. The van der Waals surface area contributed by atoms with Crippen LogP contribution in [-0.4, -0.2) is 42.0 Å². The molecule has 0 aliphatic carbocycles. The molecule has 1 aromatic heterocycles. The molecule has 28 heavy (non-hydrogen) atoms. The van der Waals surface area contributed by atoms with Crippen molar-refractivity contribution < 1.29 is 17.6 Å². The van der Waals surface area contributed by atoms with Crippen molar-refractivity contribution in [2.75, 3.05) is 17.6 Å². The van der Waals surface area contributed by atoms with Crippen molar-refractivity contribution in [3.05, 3.63) is 46.7 Å². The van der Waals surface area contributed by atoms with Gasteiger partial charge in [0.2, 0.25) is 15.9 Å². The van der Waals surface area contributed by atoms with Crippen molar-refractivity contribution in [2.45, 2.75) is 45.1 Å². The summed E-state index contributed by atoms with van der Waals surface area (Å²) in [6.45, 7) is 2.39. The Morgan fingerprint density at radius 2 is 2.25 bits per heavy atom. The molecule has 1 aromatic carbocycles. The van der Waals surface area contributed by atoms with E-state index >= 15 is 0 Å². The van der Waals surface area contributed by atoms with Crippen molar-refractivity contribution in [3.8, 4) is 0 Å². The Balaban J connectivity index is 1.69. The number of amides is 1. The molecule has 0 bridgehead atoms. The van der Waals surface area contributed by atoms with Crippen LogP contribution in [0.15, 0.2) is 30.5 Å². The molecule has 2 aromatic rings. The number of nitrogens with zero attached hydrogens (tertiary/aromatic N) is 2. The van der Waals surface area contributed by atoms with Crippen molar-refractivity contribution in [1.82, 2.24) is 9.29 Å². The number of hydrogen-bond acceptors (Lipinski definition) is 5. The molecule has 3 rings (SSSR count). The van der Waals surface area contributed by atoms with E-state index in [9.17, 15) is 17.6 Å². The Hall–Kier alpha value is -1.84. The summed E-state index contributed by atoms with van der Waals surface area (Å²) < 4.78 is 39.2. The molecule has 1 fully saturated rings. The Kier molecular flexibility index (Phi) is 6.79. The number of aromatic nitrogens is 1. The number of carbonyl (C=O) groups excluding carboxylic acids is 1. The number of rotatable bonds is 8. The fourth-order valence-electron chi connectivity index (χ4n) is 3.30. The van der Waals surface area contributed by atoms with Crippen LogP contribution in [0.4, 0.5) is 9.52 Å². The van der Waals surface area contributed by atoms with E-state index in [-0.39, 0.29) is 17.5 Å². The first-order valence-electron chi connectivity index (χ1n) is 9.38. The molecule has 2 heterocycles. The Labute approximate surface area is 168 Å². The highest BCUT2D eigenvalue weighted by Crippen LogP contribution is 2.25. The Bertz CT molecular complexity index is 930.